The van der Waals surface area contributed by atoms with Gasteiger partial charge in [-0.15, -0.1) is 0 Å². The van der Waals surface area contributed by atoms with Crippen LogP contribution in [0.1, 0.15) is 38.5 Å². The highest BCUT2D eigenvalue weighted by atomic mass is 16.5. The molecule has 0 aromatic rings. The molecule has 0 bridgehead atoms. The van der Waals surface area contributed by atoms with E-state index in [-0.39, 0.29) is 12.1 Å². The summed E-state index contributed by atoms with van der Waals surface area (Å²) in [5.74, 6) is 1.75. The van der Waals surface area contributed by atoms with Crippen LogP contribution in [0.4, 0.5) is 4.79 Å². The highest BCUT2D eigenvalue weighted by molar-refractivity contribution is 5.67. The summed E-state index contributed by atoms with van der Waals surface area (Å²) in [5, 5.41) is 3.00. The topological polar surface area (TPSA) is 41.6 Å². The summed E-state index contributed by atoms with van der Waals surface area (Å²) < 4.78 is 4.72. The molecular formula is C14H24N2O2. The fraction of sp³-hybridized carbons (Fsp3) is 0.929. The van der Waals surface area contributed by atoms with Gasteiger partial charge in [-0.25, -0.2) is 4.79 Å². The minimum absolute atomic E-state index is 0.275. The summed E-state index contributed by atoms with van der Waals surface area (Å²) in [6.45, 7) is 2.27. The van der Waals surface area contributed by atoms with Crippen molar-refractivity contribution in [1.29, 1.82) is 0 Å². The molecule has 4 nitrogen and oxygen atoms in total. The fourth-order valence-electron chi connectivity index (χ4n) is 3.30. The molecule has 2 saturated carbocycles. The van der Waals surface area contributed by atoms with Crippen molar-refractivity contribution in [3.8, 4) is 0 Å². The van der Waals surface area contributed by atoms with E-state index in [0.717, 1.165) is 30.8 Å². The maximum Gasteiger partial charge on any atom is 0.407 e. The number of amides is 1. The van der Waals surface area contributed by atoms with Gasteiger partial charge in [0.2, 0.25) is 0 Å². The average Bonchev–Trinajstić information content (AvgIpc) is 3.21. The normalized spacial score (nSPS) is 33.2. The summed E-state index contributed by atoms with van der Waals surface area (Å²) >= 11 is 0. The molecule has 3 fully saturated rings. The molecule has 2 unspecified atom stereocenters. The number of hydrogen-bond acceptors (Lipinski definition) is 3. The lowest BCUT2D eigenvalue weighted by atomic mass is 9.89. The molecule has 0 spiro atoms. The number of ether oxygens (including phenoxy) is 1. The molecule has 1 N–H and O–H groups in total. The number of nitrogens with one attached hydrogen (secondary N) is 1. The van der Waals surface area contributed by atoms with Gasteiger partial charge in [-0.3, -0.25) is 4.90 Å². The van der Waals surface area contributed by atoms with E-state index in [9.17, 15) is 4.79 Å². The third kappa shape index (κ3) is 3.16. The summed E-state index contributed by atoms with van der Waals surface area (Å²) in [7, 11) is 1.44. The van der Waals surface area contributed by atoms with Gasteiger partial charge < -0.3 is 10.1 Å². The van der Waals surface area contributed by atoms with Crippen LogP contribution in [-0.2, 0) is 4.74 Å². The molecule has 18 heavy (non-hydrogen) atoms. The summed E-state index contributed by atoms with van der Waals surface area (Å²) in [6, 6.07) is 1.09. The number of rotatable bonds is 4. The van der Waals surface area contributed by atoms with E-state index in [2.05, 4.69) is 10.2 Å². The van der Waals surface area contributed by atoms with E-state index < -0.39 is 0 Å². The predicted molar refractivity (Wildman–Crippen MR) is 69.4 cm³/mol. The first kappa shape index (κ1) is 12.3. The number of alkyl carbamates (subject to hydrolysis) is 1. The summed E-state index contributed by atoms with van der Waals surface area (Å²) in [6.07, 6.45) is 7.77. The Hall–Kier alpha value is -0.770. The molecular weight excluding hydrogens is 228 g/mol. The van der Waals surface area contributed by atoms with Crippen LogP contribution in [0, 0.1) is 11.8 Å². The Balaban J connectivity index is 1.56. The van der Waals surface area contributed by atoms with Gasteiger partial charge in [0.25, 0.3) is 0 Å². The third-order valence-corrected chi connectivity index (χ3v) is 4.50. The van der Waals surface area contributed by atoms with Crippen LogP contribution >= 0.6 is 0 Å². The lowest BCUT2D eigenvalue weighted by Crippen LogP contribution is -2.51. The molecule has 1 saturated heterocycles. The van der Waals surface area contributed by atoms with Crippen LogP contribution in [0.15, 0.2) is 0 Å². The SMILES string of the molecule is COC(=O)NC1CC(CC2CC2)CN(C2CC2)C1. The second kappa shape index (κ2) is 5.08. The minimum atomic E-state index is -0.275. The lowest BCUT2D eigenvalue weighted by molar-refractivity contribution is 0.114. The maximum atomic E-state index is 11.4. The quantitative estimate of drug-likeness (QED) is 0.832. The zero-order valence-corrected chi connectivity index (χ0v) is 11.2. The van der Waals surface area contributed by atoms with E-state index >= 15 is 0 Å². The molecule has 1 heterocycles. The fourth-order valence-corrected chi connectivity index (χ4v) is 3.30. The molecule has 3 rings (SSSR count). The number of methoxy groups -OCH3 is 1. The molecule has 0 aromatic heterocycles. The highest BCUT2D eigenvalue weighted by Gasteiger charge is 2.38. The van der Waals surface area contributed by atoms with Crippen molar-refractivity contribution in [3.63, 3.8) is 0 Å². The molecule has 1 aliphatic heterocycles. The molecule has 0 radical (unpaired) electrons. The minimum Gasteiger partial charge on any atom is -0.453 e. The van der Waals surface area contributed by atoms with Crippen LogP contribution in [0.3, 0.4) is 0 Å². The average molecular weight is 252 g/mol. The second-order valence-corrected chi connectivity index (χ2v) is 6.30. The maximum absolute atomic E-state index is 11.4. The second-order valence-electron chi connectivity index (χ2n) is 6.30. The van der Waals surface area contributed by atoms with Gasteiger partial charge in [-0.1, -0.05) is 12.8 Å². The summed E-state index contributed by atoms with van der Waals surface area (Å²) in [5.41, 5.74) is 0. The van der Waals surface area contributed by atoms with E-state index in [1.54, 1.807) is 0 Å². The number of carbonyl (C=O) groups excluding carboxylic acids is 1. The molecule has 3 aliphatic rings. The van der Waals surface area contributed by atoms with Crippen molar-refractivity contribution in [2.45, 2.75) is 50.6 Å². The van der Waals surface area contributed by atoms with Crippen molar-refractivity contribution in [3.05, 3.63) is 0 Å². The van der Waals surface area contributed by atoms with Crippen molar-refractivity contribution in [1.82, 2.24) is 10.2 Å². The Labute approximate surface area is 109 Å². The number of hydrogen-bond donors (Lipinski definition) is 1. The van der Waals surface area contributed by atoms with Crippen molar-refractivity contribution in [2.24, 2.45) is 11.8 Å². The molecule has 1 amide bonds. The first-order valence-electron chi connectivity index (χ1n) is 7.33. The van der Waals surface area contributed by atoms with E-state index in [1.165, 1.54) is 45.8 Å². The zero-order chi connectivity index (χ0) is 12.5. The van der Waals surface area contributed by atoms with Crippen LogP contribution in [-0.4, -0.2) is 43.3 Å². The molecule has 2 atom stereocenters. The Bertz CT molecular complexity index is 313. The summed E-state index contributed by atoms with van der Waals surface area (Å²) in [4.78, 5) is 14.0. The Kier molecular flexibility index (Phi) is 3.46. The monoisotopic (exact) mass is 252 g/mol. The molecule has 102 valence electrons. The van der Waals surface area contributed by atoms with Crippen molar-refractivity contribution < 1.29 is 9.53 Å². The largest absolute Gasteiger partial charge is 0.453 e. The molecule has 4 heteroatoms. The van der Waals surface area contributed by atoms with Gasteiger partial charge in [-0.2, -0.15) is 0 Å². The third-order valence-electron chi connectivity index (χ3n) is 4.50. The van der Waals surface area contributed by atoms with Gasteiger partial charge in [-0.05, 0) is 37.5 Å². The number of nitrogens with zero attached hydrogens (tertiary/aromatic N) is 1. The Morgan fingerprint density at radius 2 is 2.00 bits per heavy atom. The van der Waals surface area contributed by atoms with E-state index in [4.69, 9.17) is 4.74 Å². The zero-order valence-electron chi connectivity index (χ0n) is 11.2. The lowest BCUT2D eigenvalue weighted by Gasteiger charge is -2.38. The Morgan fingerprint density at radius 1 is 1.22 bits per heavy atom. The van der Waals surface area contributed by atoms with Gasteiger partial charge in [0, 0.05) is 25.2 Å². The number of likely N-dealkylation sites (tertiary alicyclic amines) is 1. The molecule has 2 aliphatic carbocycles. The van der Waals surface area contributed by atoms with Gasteiger partial charge in [0.1, 0.15) is 0 Å². The van der Waals surface area contributed by atoms with Crippen molar-refractivity contribution in [2.75, 3.05) is 20.2 Å². The smallest absolute Gasteiger partial charge is 0.407 e. The Morgan fingerprint density at radius 3 is 2.61 bits per heavy atom. The van der Waals surface area contributed by atoms with Crippen LogP contribution in [0.5, 0.6) is 0 Å². The number of piperidine rings is 1. The molecule has 0 aromatic carbocycles. The number of carbonyl (C=O) groups is 1. The predicted octanol–water partition coefficient (Wildman–Crippen LogP) is 2.00. The van der Waals surface area contributed by atoms with Crippen LogP contribution < -0.4 is 5.32 Å². The standard InChI is InChI=1S/C14H24N2O2/c1-18-14(17)15-12-7-11(6-10-2-3-10)8-16(9-12)13-4-5-13/h10-13H,2-9H2,1H3,(H,15,17). The van der Waals surface area contributed by atoms with Crippen LogP contribution in [0.2, 0.25) is 0 Å². The van der Waals surface area contributed by atoms with E-state index in [1.807, 2.05) is 0 Å². The van der Waals surface area contributed by atoms with Crippen molar-refractivity contribution >= 4 is 6.09 Å². The van der Waals surface area contributed by atoms with E-state index in [0.29, 0.717) is 0 Å². The van der Waals surface area contributed by atoms with Gasteiger partial charge in [0.15, 0.2) is 0 Å². The van der Waals surface area contributed by atoms with Gasteiger partial charge in [0.05, 0.1) is 7.11 Å². The first-order chi connectivity index (χ1) is 8.74. The highest BCUT2D eigenvalue weighted by Crippen LogP contribution is 2.39. The van der Waals surface area contributed by atoms with Gasteiger partial charge >= 0.3 is 6.09 Å². The van der Waals surface area contributed by atoms with Crippen LogP contribution in [0.25, 0.3) is 0 Å². The first-order valence-corrected chi connectivity index (χ1v) is 7.33.